The number of hydrogen-bond donors (Lipinski definition) is 0. The lowest BCUT2D eigenvalue weighted by Crippen LogP contribution is -2.49. The molecule has 1 aromatic heterocycles. The van der Waals surface area contributed by atoms with Crippen molar-refractivity contribution in [3.63, 3.8) is 0 Å². The molecule has 0 N–H and O–H groups in total. The van der Waals surface area contributed by atoms with Gasteiger partial charge in [0.15, 0.2) is 0 Å². The van der Waals surface area contributed by atoms with Crippen LogP contribution in [0.4, 0.5) is 14.6 Å². The summed E-state index contributed by atoms with van der Waals surface area (Å²) in [6, 6.07) is 12.2. The van der Waals surface area contributed by atoms with Crippen molar-refractivity contribution in [1.82, 2.24) is 14.9 Å². The van der Waals surface area contributed by atoms with E-state index < -0.39 is 0 Å². The van der Waals surface area contributed by atoms with Crippen molar-refractivity contribution in [2.45, 2.75) is 26.7 Å². The second kappa shape index (κ2) is 9.42. The molecule has 0 aliphatic carbocycles. The minimum absolute atomic E-state index is 0.0932. The van der Waals surface area contributed by atoms with Crippen LogP contribution in [-0.4, -0.2) is 47.0 Å². The molecule has 2 heterocycles. The van der Waals surface area contributed by atoms with Crippen LogP contribution in [0.25, 0.3) is 0 Å². The molecular weight excluding hydrogens is 410 g/mol. The third kappa shape index (κ3) is 4.77. The van der Waals surface area contributed by atoms with Gasteiger partial charge in [-0.3, -0.25) is 4.79 Å². The molecule has 1 aliphatic rings. The number of anilines is 1. The van der Waals surface area contributed by atoms with Crippen molar-refractivity contribution in [1.29, 1.82) is 0 Å². The molecule has 3 aromatic rings. The lowest BCUT2D eigenvalue weighted by molar-refractivity contribution is 0.0746. The topological polar surface area (TPSA) is 49.3 Å². The number of carbonyl (C=O) groups excluding carboxylic acids is 1. The third-order valence-corrected chi connectivity index (χ3v) is 5.77. The molecule has 0 radical (unpaired) electrons. The largest absolute Gasteiger partial charge is 0.353 e. The van der Waals surface area contributed by atoms with E-state index in [4.69, 9.17) is 4.98 Å². The summed E-state index contributed by atoms with van der Waals surface area (Å²) >= 11 is 0. The summed E-state index contributed by atoms with van der Waals surface area (Å²) in [5, 5.41) is 0. The van der Waals surface area contributed by atoms with E-state index in [1.165, 1.54) is 36.4 Å². The van der Waals surface area contributed by atoms with Gasteiger partial charge in [-0.2, -0.15) is 0 Å². The fraction of sp³-hybridized carbons (Fsp3) is 0.320. The quantitative estimate of drug-likeness (QED) is 0.602. The molecule has 4 rings (SSSR count). The Hall–Kier alpha value is -3.35. The van der Waals surface area contributed by atoms with Crippen molar-refractivity contribution < 1.29 is 13.6 Å². The highest BCUT2D eigenvalue weighted by Crippen LogP contribution is 2.26. The summed E-state index contributed by atoms with van der Waals surface area (Å²) in [4.78, 5) is 26.2. The number of nitrogens with zero attached hydrogens (tertiary/aromatic N) is 4. The van der Waals surface area contributed by atoms with Gasteiger partial charge in [0, 0.05) is 49.4 Å². The minimum Gasteiger partial charge on any atom is -0.353 e. The van der Waals surface area contributed by atoms with Crippen molar-refractivity contribution >= 4 is 11.7 Å². The van der Waals surface area contributed by atoms with Gasteiger partial charge in [-0.05, 0) is 55.3 Å². The number of carbonyl (C=O) groups is 1. The molecule has 0 saturated carbocycles. The summed E-state index contributed by atoms with van der Waals surface area (Å²) in [5.74, 6) is 0.888. The molecule has 32 heavy (non-hydrogen) atoms. The summed E-state index contributed by atoms with van der Waals surface area (Å²) in [6.45, 7) is 6.34. The Kier molecular flexibility index (Phi) is 6.44. The van der Waals surface area contributed by atoms with Crippen molar-refractivity contribution in [3.05, 3.63) is 88.4 Å². The minimum atomic E-state index is -0.356. The zero-order chi connectivity index (χ0) is 22.7. The predicted molar refractivity (Wildman–Crippen MR) is 120 cm³/mol. The molecule has 2 aromatic carbocycles. The maximum absolute atomic E-state index is 13.4. The number of amides is 1. The number of hydrogen-bond acceptors (Lipinski definition) is 4. The first-order valence-electron chi connectivity index (χ1n) is 10.8. The zero-order valence-electron chi connectivity index (χ0n) is 18.3. The van der Waals surface area contributed by atoms with E-state index in [1.807, 2.05) is 6.92 Å². The number of benzene rings is 2. The Labute approximate surface area is 186 Å². The lowest BCUT2D eigenvalue weighted by Gasteiger charge is -2.36. The maximum Gasteiger partial charge on any atom is 0.253 e. The van der Waals surface area contributed by atoms with Gasteiger partial charge in [0.25, 0.3) is 5.91 Å². The van der Waals surface area contributed by atoms with Gasteiger partial charge in [-0.25, -0.2) is 18.7 Å². The fourth-order valence-corrected chi connectivity index (χ4v) is 4.08. The van der Waals surface area contributed by atoms with Crippen molar-refractivity contribution in [3.8, 4) is 0 Å². The van der Waals surface area contributed by atoms with Gasteiger partial charge < -0.3 is 9.80 Å². The molecule has 0 bridgehead atoms. The van der Waals surface area contributed by atoms with E-state index in [1.54, 1.807) is 17.0 Å². The first-order chi connectivity index (χ1) is 15.4. The van der Waals surface area contributed by atoms with Crippen LogP contribution in [0.2, 0.25) is 0 Å². The molecule has 7 heteroatoms. The molecule has 5 nitrogen and oxygen atoms in total. The predicted octanol–water partition coefficient (Wildman–Crippen LogP) is 4.18. The van der Waals surface area contributed by atoms with E-state index >= 15 is 0 Å². The van der Waals surface area contributed by atoms with E-state index in [9.17, 15) is 13.6 Å². The first-order valence-corrected chi connectivity index (χ1v) is 10.8. The third-order valence-electron chi connectivity index (χ3n) is 5.77. The van der Waals surface area contributed by atoms with E-state index in [0.29, 0.717) is 44.0 Å². The fourth-order valence-electron chi connectivity index (χ4n) is 4.08. The summed E-state index contributed by atoms with van der Waals surface area (Å²) < 4.78 is 26.5. The van der Waals surface area contributed by atoms with Gasteiger partial charge >= 0.3 is 0 Å². The molecule has 0 atom stereocenters. The van der Waals surface area contributed by atoms with E-state index in [0.717, 1.165) is 29.1 Å². The van der Waals surface area contributed by atoms with Crippen LogP contribution >= 0.6 is 0 Å². The molecule has 1 aliphatic heterocycles. The number of halogens is 2. The lowest BCUT2D eigenvalue weighted by atomic mass is 10.0. The molecular formula is C25H26F2N4O. The molecule has 1 saturated heterocycles. The van der Waals surface area contributed by atoms with Gasteiger partial charge in [0.05, 0.1) is 0 Å². The SMILES string of the molecule is CCc1nc(C)nc(N2CCN(C(=O)c3ccc(F)cc3)CC2)c1Cc1ccc(F)cc1. The monoisotopic (exact) mass is 436 g/mol. The summed E-state index contributed by atoms with van der Waals surface area (Å²) in [5.41, 5.74) is 3.52. The normalized spacial score (nSPS) is 14.0. The van der Waals surface area contributed by atoms with Gasteiger partial charge in [-0.15, -0.1) is 0 Å². The number of aromatic nitrogens is 2. The van der Waals surface area contributed by atoms with Crippen molar-refractivity contribution in [2.75, 3.05) is 31.1 Å². The van der Waals surface area contributed by atoms with Crippen LogP contribution in [0, 0.1) is 18.6 Å². The smallest absolute Gasteiger partial charge is 0.253 e. The highest BCUT2D eigenvalue weighted by atomic mass is 19.1. The van der Waals surface area contributed by atoms with E-state index in [2.05, 4.69) is 16.8 Å². The average Bonchev–Trinajstić information content (AvgIpc) is 2.81. The van der Waals surface area contributed by atoms with Crippen LogP contribution in [0.15, 0.2) is 48.5 Å². The van der Waals surface area contributed by atoms with Gasteiger partial charge in [0.2, 0.25) is 0 Å². The maximum atomic E-state index is 13.4. The molecule has 166 valence electrons. The van der Waals surface area contributed by atoms with Crippen LogP contribution in [0.1, 0.15) is 39.9 Å². The van der Waals surface area contributed by atoms with Crippen LogP contribution in [-0.2, 0) is 12.8 Å². The Bertz CT molecular complexity index is 1090. The van der Waals surface area contributed by atoms with E-state index in [-0.39, 0.29) is 17.5 Å². The zero-order valence-corrected chi connectivity index (χ0v) is 18.3. The first kappa shape index (κ1) is 21.9. The Morgan fingerprint density at radius 1 is 0.906 bits per heavy atom. The second-order valence-electron chi connectivity index (χ2n) is 7.96. The molecule has 1 amide bonds. The van der Waals surface area contributed by atoms with Crippen LogP contribution in [0.5, 0.6) is 0 Å². The average molecular weight is 437 g/mol. The van der Waals surface area contributed by atoms with Gasteiger partial charge in [0.1, 0.15) is 23.3 Å². The van der Waals surface area contributed by atoms with Gasteiger partial charge in [-0.1, -0.05) is 19.1 Å². The number of aryl methyl sites for hydroxylation is 2. The standard InChI is InChI=1S/C25H26F2N4O/c1-3-23-22(16-18-4-8-20(26)9-5-18)24(29-17(2)28-23)30-12-14-31(15-13-30)25(32)19-6-10-21(27)11-7-19/h4-11H,3,12-16H2,1-2H3. The molecule has 0 unspecified atom stereocenters. The Morgan fingerprint density at radius 3 is 2.09 bits per heavy atom. The molecule has 0 spiro atoms. The highest BCUT2D eigenvalue weighted by Gasteiger charge is 2.25. The Balaban J connectivity index is 1.54. The highest BCUT2D eigenvalue weighted by molar-refractivity contribution is 5.94. The molecule has 1 fully saturated rings. The summed E-state index contributed by atoms with van der Waals surface area (Å²) in [7, 11) is 0. The Morgan fingerprint density at radius 2 is 1.50 bits per heavy atom. The van der Waals surface area contributed by atoms with Crippen LogP contribution in [0.3, 0.4) is 0 Å². The van der Waals surface area contributed by atoms with Crippen LogP contribution < -0.4 is 4.90 Å². The number of rotatable bonds is 5. The number of piperazine rings is 1. The van der Waals surface area contributed by atoms with Crippen molar-refractivity contribution in [2.24, 2.45) is 0 Å². The summed E-state index contributed by atoms with van der Waals surface area (Å²) in [6.07, 6.45) is 1.39. The second-order valence-corrected chi connectivity index (χ2v) is 7.96.